The van der Waals surface area contributed by atoms with Gasteiger partial charge in [-0.15, -0.1) is 0 Å². The van der Waals surface area contributed by atoms with Crippen LogP contribution in [0.15, 0.2) is 41.2 Å². The lowest BCUT2D eigenvalue weighted by molar-refractivity contribution is 0.0600. The molecule has 1 aromatic heterocycles. The van der Waals surface area contributed by atoms with Gasteiger partial charge in [0.25, 0.3) is 0 Å². The summed E-state index contributed by atoms with van der Waals surface area (Å²) in [5, 5.41) is 5.64. The molecule has 10 heteroatoms. The highest BCUT2D eigenvalue weighted by molar-refractivity contribution is 6.04. The van der Waals surface area contributed by atoms with Gasteiger partial charge in [0.15, 0.2) is 0 Å². The summed E-state index contributed by atoms with van der Waals surface area (Å²) >= 11 is 0. The Kier molecular flexibility index (Phi) is 5.87. The third-order valence-electron chi connectivity index (χ3n) is 5.53. The van der Waals surface area contributed by atoms with E-state index in [4.69, 9.17) is 9.47 Å². The third-order valence-corrected chi connectivity index (χ3v) is 5.53. The number of nitrogens with one attached hydrogen (secondary N) is 2. The zero-order valence-electron chi connectivity index (χ0n) is 18.2. The molecule has 32 heavy (non-hydrogen) atoms. The van der Waals surface area contributed by atoms with Crippen LogP contribution < -0.4 is 21.2 Å². The number of methoxy groups -OCH3 is 1. The average Bonchev–Trinajstić information content (AvgIpc) is 3.02. The first-order valence-corrected chi connectivity index (χ1v) is 10.2. The molecule has 0 spiro atoms. The maximum atomic E-state index is 12.8. The summed E-state index contributed by atoms with van der Waals surface area (Å²) in [5.74, 6) is -0.487. The third kappa shape index (κ3) is 4.04. The molecule has 2 N–H and O–H groups in total. The fourth-order valence-electron chi connectivity index (χ4n) is 3.83. The fourth-order valence-corrected chi connectivity index (χ4v) is 3.83. The summed E-state index contributed by atoms with van der Waals surface area (Å²) in [4.78, 5) is 39.1. The van der Waals surface area contributed by atoms with Crippen LogP contribution in [0.2, 0.25) is 0 Å². The quantitative estimate of drug-likeness (QED) is 0.604. The maximum absolute atomic E-state index is 12.8. The van der Waals surface area contributed by atoms with Crippen molar-refractivity contribution in [1.29, 1.82) is 0 Å². The van der Waals surface area contributed by atoms with Crippen LogP contribution in [-0.4, -0.2) is 54.5 Å². The Morgan fingerprint density at radius 1 is 1.00 bits per heavy atom. The number of urea groups is 1. The first-order valence-electron chi connectivity index (χ1n) is 10.2. The number of hydrogen-bond donors (Lipinski definition) is 2. The van der Waals surface area contributed by atoms with Gasteiger partial charge in [-0.2, -0.15) is 0 Å². The average molecular weight is 439 g/mol. The smallest absolute Gasteiger partial charge is 0.337 e. The van der Waals surface area contributed by atoms with E-state index in [0.717, 1.165) is 11.2 Å². The fraction of sp³-hybridized carbons (Fsp3) is 0.318. The van der Waals surface area contributed by atoms with Gasteiger partial charge in [0.1, 0.15) is 0 Å². The number of imidazole rings is 1. The van der Waals surface area contributed by atoms with Crippen molar-refractivity contribution in [3.8, 4) is 0 Å². The SMILES string of the molecule is COC(=O)c1cccc(NC(=O)Nc2cc3c(cc2N2CCOCC2)n(C)c(=O)n3C)c1. The number of amides is 2. The minimum absolute atomic E-state index is 0.144. The van der Waals surface area contributed by atoms with E-state index < -0.39 is 12.0 Å². The van der Waals surface area contributed by atoms with Crippen molar-refractivity contribution in [2.45, 2.75) is 0 Å². The van der Waals surface area contributed by atoms with E-state index in [1.54, 1.807) is 53.6 Å². The predicted molar refractivity (Wildman–Crippen MR) is 122 cm³/mol. The van der Waals surface area contributed by atoms with Gasteiger partial charge >= 0.3 is 17.7 Å². The lowest BCUT2D eigenvalue weighted by Crippen LogP contribution is -2.37. The van der Waals surface area contributed by atoms with E-state index in [-0.39, 0.29) is 5.69 Å². The van der Waals surface area contributed by atoms with Crippen molar-refractivity contribution in [3.63, 3.8) is 0 Å². The molecule has 10 nitrogen and oxygen atoms in total. The number of ether oxygens (including phenoxy) is 2. The largest absolute Gasteiger partial charge is 0.465 e. The zero-order valence-corrected chi connectivity index (χ0v) is 18.2. The molecule has 1 aliphatic heterocycles. The highest BCUT2D eigenvalue weighted by Gasteiger charge is 2.20. The number of aromatic nitrogens is 2. The van der Waals surface area contributed by atoms with Crippen molar-refractivity contribution in [2.24, 2.45) is 14.1 Å². The molecule has 3 aromatic rings. The number of hydrogen-bond acceptors (Lipinski definition) is 6. The monoisotopic (exact) mass is 439 g/mol. The second-order valence-electron chi connectivity index (χ2n) is 7.51. The molecular formula is C22H25N5O5. The molecule has 0 saturated carbocycles. The Hall–Kier alpha value is -3.79. The Morgan fingerprint density at radius 2 is 1.69 bits per heavy atom. The van der Waals surface area contributed by atoms with E-state index in [1.807, 2.05) is 6.07 Å². The van der Waals surface area contributed by atoms with Gasteiger partial charge in [0, 0.05) is 32.9 Å². The van der Waals surface area contributed by atoms with Gasteiger partial charge < -0.3 is 25.0 Å². The number of esters is 1. The van der Waals surface area contributed by atoms with Crippen molar-refractivity contribution >= 4 is 40.1 Å². The number of aryl methyl sites for hydroxylation is 2. The van der Waals surface area contributed by atoms with Crippen LogP contribution in [0.1, 0.15) is 10.4 Å². The summed E-state index contributed by atoms with van der Waals surface area (Å²) < 4.78 is 13.3. The van der Waals surface area contributed by atoms with Crippen molar-refractivity contribution < 1.29 is 19.1 Å². The molecule has 2 heterocycles. The molecular weight excluding hydrogens is 414 g/mol. The van der Waals surface area contributed by atoms with E-state index >= 15 is 0 Å². The number of nitrogens with zero attached hydrogens (tertiary/aromatic N) is 3. The van der Waals surface area contributed by atoms with E-state index in [1.165, 1.54) is 7.11 Å². The lowest BCUT2D eigenvalue weighted by Gasteiger charge is -2.30. The van der Waals surface area contributed by atoms with Crippen LogP contribution in [-0.2, 0) is 23.6 Å². The van der Waals surface area contributed by atoms with Crippen molar-refractivity contribution in [2.75, 3.05) is 48.9 Å². The Morgan fingerprint density at radius 3 is 2.38 bits per heavy atom. The molecule has 0 bridgehead atoms. The molecule has 2 amide bonds. The van der Waals surface area contributed by atoms with Crippen LogP contribution in [0.25, 0.3) is 11.0 Å². The van der Waals surface area contributed by atoms with Gasteiger partial charge in [-0.3, -0.25) is 9.13 Å². The van der Waals surface area contributed by atoms with E-state index in [2.05, 4.69) is 15.5 Å². The van der Waals surface area contributed by atoms with Crippen LogP contribution in [0.5, 0.6) is 0 Å². The second kappa shape index (κ2) is 8.75. The van der Waals surface area contributed by atoms with Crippen LogP contribution in [0, 0.1) is 0 Å². The summed E-state index contributed by atoms with van der Waals surface area (Å²) in [7, 11) is 4.72. The topological polar surface area (TPSA) is 107 Å². The molecule has 1 aliphatic rings. The Balaban J connectivity index is 1.66. The molecule has 2 aromatic carbocycles. The van der Waals surface area contributed by atoms with Crippen molar-refractivity contribution in [1.82, 2.24) is 9.13 Å². The van der Waals surface area contributed by atoms with Crippen LogP contribution in [0.4, 0.5) is 21.9 Å². The standard InChI is InChI=1S/C22H25N5O5/c1-25-18-12-16(24-21(29)23-15-6-4-5-14(11-15)20(28)31-3)17(27-7-9-32-10-8-27)13-19(18)26(2)22(25)30/h4-6,11-13H,7-10H2,1-3H3,(H2,23,24,29). The predicted octanol–water partition coefficient (Wildman–Crippen LogP) is 2.14. The number of rotatable bonds is 4. The zero-order chi connectivity index (χ0) is 22.8. The highest BCUT2D eigenvalue weighted by Crippen LogP contribution is 2.32. The van der Waals surface area contributed by atoms with E-state index in [0.29, 0.717) is 48.8 Å². The molecule has 0 atom stereocenters. The Bertz CT molecular complexity index is 1240. The summed E-state index contributed by atoms with van der Waals surface area (Å²) in [6.07, 6.45) is 0. The molecule has 168 valence electrons. The summed E-state index contributed by atoms with van der Waals surface area (Å²) in [6, 6.07) is 9.72. The van der Waals surface area contributed by atoms with E-state index in [9.17, 15) is 14.4 Å². The number of anilines is 3. The van der Waals surface area contributed by atoms with Gasteiger partial charge in [-0.25, -0.2) is 14.4 Å². The normalized spacial score (nSPS) is 13.8. The first kappa shape index (κ1) is 21.4. The second-order valence-corrected chi connectivity index (χ2v) is 7.51. The molecule has 1 fully saturated rings. The number of morpholine rings is 1. The molecule has 4 rings (SSSR count). The van der Waals surface area contributed by atoms with Crippen LogP contribution >= 0.6 is 0 Å². The number of carbonyl (C=O) groups is 2. The summed E-state index contributed by atoms with van der Waals surface area (Å²) in [5.41, 5.74) is 3.50. The van der Waals surface area contributed by atoms with Gasteiger partial charge in [0.2, 0.25) is 0 Å². The highest BCUT2D eigenvalue weighted by atomic mass is 16.5. The molecule has 0 radical (unpaired) electrons. The lowest BCUT2D eigenvalue weighted by atomic mass is 10.2. The first-order chi connectivity index (χ1) is 15.4. The Labute approximate surface area is 184 Å². The van der Waals surface area contributed by atoms with Crippen LogP contribution in [0.3, 0.4) is 0 Å². The van der Waals surface area contributed by atoms with Gasteiger partial charge in [0.05, 0.1) is 48.3 Å². The van der Waals surface area contributed by atoms with Gasteiger partial charge in [-0.05, 0) is 30.3 Å². The summed E-state index contributed by atoms with van der Waals surface area (Å²) in [6.45, 7) is 2.50. The number of fused-ring (bicyclic) bond motifs is 1. The molecule has 1 saturated heterocycles. The molecule has 0 aliphatic carbocycles. The van der Waals surface area contributed by atoms with Crippen molar-refractivity contribution in [3.05, 3.63) is 52.4 Å². The minimum Gasteiger partial charge on any atom is -0.465 e. The molecule has 0 unspecified atom stereocenters. The number of benzene rings is 2. The number of carbonyl (C=O) groups excluding carboxylic acids is 2. The maximum Gasteiger partial charge on any atom is 0.337 e. The minimum atomic E-state index is -0.487. The van der Waals surface area contributed by atoms with Gasteiger partial charge in [-0.1, -0.05) is 6.07 Å².